The Morgan fingerprint density at radius 3 is 2.30 bits per heavy atom. The first-order valence-corrected chi connectivity index (χ1v) is 10.7. The third kappa shape index (κ3) is 5.57. The van der Waals surface area contributed by atoms with Gasteiger partial charge in [-0.15, -0.1) is 0 Å². The fourth-order valence-corrected chi connectivity index (χ4v) is 4.61. The maximum absolute atomic E-state index is 12.8. The number of hydrogen-bond donors (Lipinski definition) is 0. The summed E-state index contributed by atoms with van der Waals surface area (Å²) in [5.74, 6) is 0.904. The van der Waals surface area contributed by atoms with Crippen LogP contribution in [0.15, 0.2) is 0 Å². The zero-order chi connectivity index (χ0) is 19.2. The van der Waals surface area contributed by atoms with Gasteiger partial charge in [-0.3, -0.25) is 9.69 Å². The smallest absolute Gasteiger partial charge is 0.409 e. The van der Waals surface area contributed by atoms with Gasteiger partial charge in [0.1, 0.15) is 0 Å². The van der Waals surface area contributed by atoms with E-state index in [1.807, 2.05) is 6.92 Å². The van der Waals surface area contributed by atoms with Crippen LogP contribution in [0.4, 0.5) is 4.79 Å². The summed E-state index contributed by atoms with van der Waals surface area (Å²) in [6.07, 6.45) is 5.05. The van der Waals surface area contributed by atoms with Gasteiger partial charge in [-0.05, 0) is 58.7 Å². The predicted molar refractivity (Wildman–Crippen MR) is 105 cm³/mol. The van der Waals surface area contributed by atoms with Crippen LogP contribution in [0.3, 0.4) is 0 Å². The van der Waals surface area contributed by atoms with Gasteiger partial charge < -0.3 is 19.4 Å². The van der Waals surface area contributed by atoms with E-state index in [1.54, 1.807) is 4.90 Å². The average Bonchev–Trinajstić information content (AvgIpc) is 2.70. The molecule has 0 N–H and O–H groups in total. The number of likely N-dealkylation sites (tertiary alicyclic amines) is 2. The topological polar surface area (TPSA) is 56.3 Å². The van der Waals surface area contributed by atoms with Gasteiger partial charge in [0.25, 0.3) is 0 Å². The normalized spacial score (nSPS) is 26.2. The number of piperidine rings is 2. The summed E-state index contributed by atoms with van der Waals surface area (Å²) in [4.78, 5) is 33.4. The average molecular weight is 381 g/mol. The Bertz CT molecular complexity index is 499. The van der Waals surface area contributed by atoms with E-state index >= 15 is 0 Å². The Balaban J connectivity index is 1.44. The lowest BCUT2D eigenvalue weighted by molar-refractivity contribution is -0.134. The summed E-state index contributed by atoms with van der Waals surface area (Å²) in [5.41, 5.74) is 0. The molecule has 3 heterocycles. The highest BCUT2D eigenvalue weighted by molar-refractivity contribution is 5.76. The number of ether oxygens (including phenoxy) is 1. The minimum Gasteiger partial charge on any atom is -0.450 e. The molecule has 3 fully saturated rings. The molecular formula is C20H36N4O3. The van der Waals surface area contributed by atoms with Gasteiger partial charge in [0.05, 0.1) is 6.61 Å². The van der Waals surface area contributed by atoms with Gasteiger partial charge in [-0.25, -0.2) is 4.79 Å². The second kappa shape index (κ2) is 9.73. The lowest BCUT2D eigenvalue weighted by Crippen LogP contribution is -2.56. The molecule has 7 heteroatoms. The van der Waals surface area contributed by atoms with Crippen molar-refractivity contribution in [1.29, 1.82) is 0 Å². The molecule has 0 saturated carbocycles. The van der Waals surface area contributed by atoms with Crippen LogP contribution in [0.2, 0.25) is 0 Å². The van der Waals surface area contributed by atoms with E-state index in [4.69, 9.17) is 4.74 Å². The monoisotopic (exact) mass is 380 g/mol. The van der Waals surface area contributed by atoms with Crippen LogP contribution in [0, 0.1) is 5.92 Å². The summed E-state index contributed by atoms with van der Waals surface area (Å²) < 4.78 is 5.10. The fourth-order valence-electron chi connectivity index (χ4n) is 4.61. The van der Waals surface area contributed by atoms with Crippen LogP contribution in [-0.2, 0) is 9.53 Å². The van der Waals surface area contributed by atoms with Crippen LogP contribution in [0.25, 0.3) is 0 Å². The molecule has 154 valence electrons. The molecular weight excluding hydrogens is 344 g/mol. The van der Waals surface area contributed by atoms with Gasteiger partial charge in [-0.2, -0.15) is 0 Å². The molecule has 7 nitrogen and oxygen atoms in total. The van der Waals surface area contributed by atoms with Crippen molar-refractivity contribution in [3.63, 3.8) is 0 Å². The number of nitrogens with zero attached hydrogens (tertiary/aromatic N) is 4. The summed E-state index contributed by atoms with van der Waals surface area (Å²) in [5, 5.41) is 0. The van der Waals surface area contributed by atoms with Crippen molar-refractivity contribution >= 4 is 12.0 Å². The number of rotatable bonds is 4. The van der Waals surface area contributed by atoms with E-state index in [2.05, 4.69) is 21.7 Å². The van der Waals surface area contributed by atoms with Crippen molar-refractivity contribution in [1.82, 2.24) is 19.6 Å². The molecule has 0 aromatic carbocycles. The van der Waals surface area contributed by atoms with Crippen LogP contribution < -0.4 is 0 Å². The highest BCUT2D eigenvalue weighted by Crippen LogP contribution is 2.23. The zero-order valence-corrected chi connectivity index (χ0v) is 17.1. The van der Waals surface area contributed by atoms with Gasteiger partial charge in [0, 0.05) is 51.7 Å². The van der Waals surface area contributed by atoms with Crippen molar-refractivity contribution in [3.05, 3.63) is 0 Å². The minimum absolute atomic E-state index is 0.198. The maximum atomic E-state index is 12.8. The Morgan fingerprint density at radius 2 is 1.63 bits per heavy atom. The molecule has 0 aromatic rings. The van der Waals surface area contributed by atoms with E-state index in [-0.39, 0.29) is 6.09 Å². The lowest BCUT2D eigenvalue weighted by atomic mass is 9.92. The molecule has 0 spiro atoms. The number of piperazine rings is 1. The molecule has 3 saturated heterocycles. The quantitative estimate of drug-likeness (QED) is 0.740. The molecule has 0 bridgehead atoms. The van der Waals surface area contributed by atoms with Gasteiger partial charge in [0.2, 0.25) is 5.91 Å². The van der Waals surface area contributed by atoms with Crippen molar-refractivity contribution in [2.45, 2.75) is 45.1 Å². The molecule has 0 unspecified atom stereocenters. The number of carbonyl (C=O) groups excluding carboxylic acids is 2. The first-order valence-electron chi connectivity index (χ1n) is 10.7. The first kappa shape index (κ1) is 20.4. The van der Waals surface area contributed by atoms with Crippen LogP contribution in [0.1, 0.15) is 39.0 Å². The second-order valence-electron chi connectivity index (χ2n) is 8.31. The van der Waals surface area contributed by atoms with Gasteiger partial charge >= 0.3 is 6.09 Å². The van der Waals surface area contributed by atoms with Crippen molar-refractivity contribution < 1.29 is 14.3 Å². The molecule has 3 aliphatic heterocycles. The third-order valence-electron chi connectivity index (χ3n) is 6.41. The number of amides is 2. The molecule has 3 aliphatic rings. The van der Waals surface area contributed by atoms with Crippen LogP contribution in [0.5, 0.6) is 0 Å². The highest BCUT2D eigenvalue weighted by Gasteiger charge is 2.32. The van der Waals surface area contributed by atoms with E-state index in [1.165, 1.54) is 0 Å². The molecule has 27 heavy (non-hydrogen) atoms. The lowest BCUT2D eigenvalue weighted by Gasteiger charge is -2.43. The van der Waals surface area contributed by atoms with Crippen molar-refractivity contribution in [2.24, 2.45) is 5.92 Å². The SMILES string of the molecule is CCOC(=O)N1CCN([C@H]2CCCN(C(=O)CC3CCN(C)CC3)C2)CC1. The molecule has 2 amide bonds. The summed E-state index contributed by atoms with van der Waals surface area (Å²) >= 11 is 0. The predicted octanol–water partition coefficient (Wildman–Crippen LogP) is 1.48. The third-order valence-corrected chi connectivity index (χ3v) is 6.41. The summed E-state index contributed by atoms with van der Waals surface area (Å²) in [6, 6.07) is 0.435. The molecule has 0 aromatic heterocycles. The minimum atomic E-state index is -0.198. The Hall–Kier alpha value is -1.34. The summed E-state index contributed by atoms with van der Waals surface area (Å²) in [7, 11) is 2.16. The van der Waals surface area contributed by atoms with Crippen LogP contribution in [-0.4, -0.2) is 104 Å². The van der Waals surface area contributed by atoms with E-state index < -0.39 is 0 Å². The van der Waals surface area contributed by atoms with E-state index in [0.717, 1.165) is 84.5 Å². The highest BCUT2D eigenvalue weighted by atomic mass is 16.6. The van der Waals surface area contributed by atoms with E-state index in [0.29, 0.717) is 24.5 Å². The Kier molecular flexibility index (Phi) is 7.35. The van der Waals surface area contributed by atoms with Gasteiger partial charge in [0.15, 0.2) is 0 Å². The Labute approximate surface area is 163 Å². The second-order valence-corrected chi connectivity index (χ2v) is 8.31. The molecule has 1 atom stereocenters. The Morgan fingerprint density at radius 1 is 0.926 bits per heavy atom. The number of carbonyl (C=O) groups is 2. The zero-order valence-electron chi connectivity index (χ0n) is 17.1. The maximum Gasteiger partial charge on any atom is 0.409 e. The number of hydrogen-bond acceptors (Lipinski definition) is 5. The van der Waals surface area contributed by atoms with Crippen molar-refractivity contribution in [3.8, 4) is 0 Å². The van der Waals surface area contributed by atoms with Gasteiger partial charge in [-0.1, -0.05) is 0 Å². The molecule has 0 aliphatic carbocycles. The fraction of sp³-hybridized carbons (Fsp3) is 0.900. The largest absolute Gasteiger partial charge is 0.450 e. The van der Waals surface area contributed by atoms with Crippen LogP contribution >= 0.6 is 0 Å². The summed E-state index contributed by atoms with van der Waals surface area (Å²) in [6.45, 7) is 9.45. The molecule has 0 radical (unpaired) electrons. The van der Waals surface area contributed by atoms with E-state index in [9.17, 15) is 9.59 Å². The molecule has 3 rings (SSSR count). The standard InChI is InChI=1S/C20H36N4O3/c1-3-27-20(26)23-13-11-22(12-14-23)18-5-4-8-24(16-18)19(25)15-17-6-9-21(2)10-7-17/h17-18H,3-16H2,1-2H3/t18-/m0/s1. The first-order chi connectivity index (χ1) is 13.1. The van der Waals surface area contributed by atoms with Crippen molar-refractivity contribution in [2.75, 3.05) is 66.0 Å².